The molecule has 5 nitrogen and oxygen atoms in total. The highest BCUT2D eigenvalue weighted by molar-refractivity contribution is 5.95. The van der Waals surface area contributed by atoms with Crippen LogP contribution in [-0.4, -0.2) is 47.4 Å². The third kappa shape index (κ3) is 1.92. The summed E-state index contributed by atoms with van der Waals surface area (Å²) in [6.45, 7) is 7.56. The fourth-order valence-electron chi connectivity index (χ4n) is 2.63. The molecule has 2 heterocycles. The molecule has 2 saturated heterocycles. The average Bonchev–Trinajstić information content (AvgIpc) is 2.70. The van der Waals surface area contributed by atoms with Crippen LogP contribution in [0.1, 0.15) is 33.6 Å². The molecular weight excluding hydrogens is 218 g/mol. The van der Waals surface area contributed by atoms with Crippen molar-refractivity contribution in [2.75, 3.05) is 19.6 Å². The van der Waals surface area contributed by atoms with Crippen LogP contribution in [0.5, 0.6) is 0 Å². The van der Waals surface area contributed by atoms with E-state index in [1.165, 1.54) is 0 Å². The van der Waals surface area contributed by atoms with Crippen LogP contribution in [-0.2, 0) is 9.59 Å². The molecule has 2 rings (SSSR count). The Hall–Kier alpha value is -1.10. The fraction of sp³-hybridized carbons (Fsp3) is 0.833. The van der Waals surface area contributed by atoms with E-state index in [0.29, 0.717) is 13.1 Å². The van der Waals surface area contributed by atoms with Gasteiger partial charge in [0.05, 0.1) is 5.54 Å². The average molecular weight is 239 g/mol. The minimum absolute atomic E-state index is 0.0508. The van der Waals surface area contributed by atoms with Gasteiger partial charge in [-0.3, -0.25) is 9.59 Å². The number of amides is 2. The highest BCUT2D eigenvalue weighted by Gasteiger charge is 2.47. The molecule has 2 aliphatic heterocycles. The van der Waals surface area contributed by atoms with Crippen molar-refractivity contribution in [3.63, 3.8) is 0 Å². The van der Waals surface area contributed by atoms with Crippen LogP contribution >= 0.6 is 0 Å². The van der Waals surface area contributed by atoms with E-state index in [0.717, 1.165) is 19.4 Å². The molecule has 2 aliphatic rings. The van der Waals surface area contributed by atoms with Crippen LogP contribution in [0, 0.1) is 0 Å². The maximum Gasteiger partial charge on any atom is 0.245 e. The molecule has 1 atom stereocenters. The molecule has 0 saturated carbocycles. The number of hydrogen-bond acceptors (Lipinski definition) is 3. The Morgan fingerprint density at radius 2 is 2.00 bits per heavy atom. The predicted octanol–water partition coefficient (Wildman–Crippen LogP) is -0.134. The lowest BCUT2D eigenvalue weighted by Gasteiger charge is -2.44. The summed E-state index contributed by atoms with van der Waals surface area (Å²) >= 11 is 0. The third-order valence-corrected chi connectivity index (χ3v) is 3.94. The quantitative estimate of drug-likeness (QED) is 0.670. The van der Waals surface area contributed by atoms with Crippen LogP contribution < -0.4 is 10.6 Å². The fourth-order valence-corrected chi connectivity index (χ4v) is 2.63. The summed E-state index contributed by atoms with van der Waals surface area (Å²) in [6.07, 6.45) is 1.86. The minimum atomic E-state index is -0.747. The molecule has 2 fully saturated rings. The standard InChI is InChI=1S/C12H21N3O2/c1-11(2)9(16)13-7-8-15(11)10(17)12(3)5-4-6-14-12/h14H,4-8H2,1-3H3,(H,13,16). The second kappa shape index (κ2) is 3.98. The smallest absolute Gasteiger partial charge is 0.245 e. The molecule has 0 aromatic rings. The van der Waals surface area contributed by atoms with Gasteiger partial charge in [0, 0.05) is 13.1 Å². The number of carbonyl (C=O) groups is 2. The summed E-state index contributed by atoms with van der Waals surface area (Å²) in [7, 11) is 0. The molecule has 96 valence electrons. The Labute approximate surface area is 102 Å². The Morgan fingerprint density at radius 3 is 2.59 bits per heavy atom. The molecule has 0 aromatic heterocycles. The first-order valence-electron chi connectivity index (χ1n) is 6.23. The van der Waals surface area contributed by atoms with Crippen LogP contribution in [0.25, 0.3) is 0 Å². The number of rotatable bonds is 1. The number of piperazine rings is 1. The van der Waals surface area contributed by atoms with Crippen molar-refractivity contribution in [2.45, 2.75) is 44.7 Å². The van der Waals surface area contributed by atoms with Crippen molar-refractivity contribution in [1.29, 1.82) is 0 Å². The Bertz CT molecular complexity index is 346. The largest absolute Gasteiger partial charge is 0.352 e. The molecule has 0 bridgehead atoms. The summed E-state index contributed by atoms with van der Waals surface area (Å²) in [6, 6.07) is 0. The Balaban J connectivity index is 2.21. The van der Waals surface area contributed by atoms with Gasteiger partial charge in [0.1, 0.15) is 5.54 Å². The maximum absolute atomic E-state index is 12.6. The lowest BCUT2D eigenvalue weighted by Crippen LogP contribution is -2.67. The van der Waals surface area contributed by atoms with Crippen LogP contribution in [0.15, 0.2) is 0 Å². The highest BCUT2D eigenvalue weighted by atomic mass is 16.2. The number of carbonyl (C=O) groups excluding carboxylic acids is 2. The van der Waals surface area contributed by atoms with Crippen molar-refractivity contribution in [2.24, 2.45) is 0 Å². The number of hydrogen-bond donors (Lipinski definition) is 2. The zero-order chi connectivity index (χ0) is 12.7. The zero-order valence-corrected chi connectivity index (χ0v) is 10.8. The van der Waals surface area contributed by atoms with E-state index in [-0.39, 0.29) is 11.8 Å². The molecule has 2 amide bonds. The first-order chi connectivity index (χ1) is 7.88. The van der Waals surface area contributed by atoms with E-state index < -0.39 is 11.1 Å². The second-order valence-corrected chi connectivity index (χ2v) is 5.63. The zero-order valence-electron chi connectivity index (χ0n) is 10.8. The van der Waals surface area contributed by atoms with Gasteiger partial charge in [-0.15, -0.1) is 0 Å². The van der Waals surface area contributed by atoms with E-state index in [1.54, 1.807) is 18.7 Å². The molecule has 2 N–H and O–H groups in total. The van der Waals surface area contributed by atoms with E-state index >= 15 is 0 Å². The van der Waals surface area contributed by atoms with Crippen LogP contribution in [0.4, 0.5) is 0 Å². The van der Waals surface area contributed by atoms with E-state index in [1.807, 2.05) is 6.92 Å². The van der Waals surface area contributed by atoms with Crippen molar-refractivity contribution < 1.29 is 9.59 Å². The summed E-state index contributed by atoms with van der Waals surface area (Å²) < 4.78 is 0. The monoisotopic (exact) mass is 239 g/mol. The normalized spacial score (nSPS) is 32.4. The third-order valence-electron chi connectivity index (χ3n) is 3.94. The molecule has 5 heteroatoms. The van der Waals surface area contributed by atoms with Gasteiger partial charge in [-0.05, 0) is 40.2 Å². The van der Waals surface area contributed by atoms with E-state index in [4.69, 9.17) is 0 Å². The summed E-state index contributed by atoms with van der Waals surface area (Å²) in [5, 5.41) is 6.07. The highest BCUT2D eigenvalue weighted by Crippen LogP contribution is 2.26. The van der Waals surface area contributed by atoms with Gasteiger partial charge >= 0.3 is 0 Å². The Kier molecular flexibility index (Phi) is 2.89. The SMILES string of the molecule is CC1(C(=O)N2CCNC(=O)C2(C)C)CCCN1. The van der Waals surface area contributed by atoms with Crippen molar-refractivity contribution >= 4 is 11.8 Å². The van der Waals surface area contributed by atoms with Crippen LogP contribution in [0.3, 0.4) is 0 Å². The maximum atomic E-state index is 12.6. The van der Waals surface area contributed by atoms with Gasteiger partial charge in [0.15, 0.2) is 0 Å². The predicted molar refractivity (Wildman–Crippen MR) is 64.4 cm³/mol. The lowest BCUT2D eigenvalue weighted by atomic mass is 9.92. The lowest BCUT2D eigenvalue weighted by molar-refractivity contribution is -0.153. The second-order valence-electron chi connectivity index (χ2n) is 5.63. The molecule has 1 unspecified atom stereocenters. The van der Waals surface area contributed by atoms with E-state index in [9.17, 15) is 9.59 Å². The van der Waals surface area contributed by atoms with Gasteiger partial charge in [-0.2, -0.15) is 0 Å². The van der Waals surface area contributed by atoms with Gasteiger partial charge in [-0.1, -0.05) is 0 Å². The molecule has 0 aliphatic carbocycles. The number of nitrogens with one attached hydrogen (secondary N) is 2. The topological polar surface area (TPSA) is 61.4 Å². The first kappa shape index (κ1) is 12.4. The van der Waals surface area contributed by atoms with Gasteiger partial charge in [-0.25, -0.2) is 0 Å². The molecule has 0 aromatic carbocycles. The molecular formula is C12H21N3O2. The van der Waals surface area contributed by atoms with Crippen molar-refractivity contribution in [3.8, 4) is 0 Å². The van der Waals surface area contributed by atoms with Crippen molar-refractivity contribution in [3.05, 3.63) is 0 Å². The molecule has 17 heavy (non-hydrogen) atoms. The van der Waals surface area contributed by atoms with Crippen LogP contribution in [0.2, 0.25) is 0 Å². The van der Waals surface area contributed by atoms with Gasteiger partial charge in [0.25, 0.3) is 0 Å². The van der Waals surface area contributed by atoms with E-state index in [2.05, 4.69) is 10.6 Å². The minimum Gasteiger partial charge on any atom is -0.352 e. The Morgan fingerprint density at radius 1 is 1.29 bits per heavy atom. The summed E-state index contributed by atoms with van der Waals surface area (Å²) in [5.74, 6) is -0.0199. The molecule has 0 spiro atoms. The van der Waals surface area contributed by atoms with Gasteiger partial charge in [0.2, 0.25) is 11.8 Å². The summed E-state index contributed by atoms with van der Waals surface area (Å²) in [5.41, 5.74) is -1.24. The van der Waals surface area contributed by atoms with Gasteiger partial charge < -0.3 is 15.5 Å². The first-order valence-corrected chi connectivity index (χ1v) is 6.23. The molecule has 0 radical (unpaired) electrons. The summed E-state index contributed by atoms with van der Waals surface area (Å²) in [4.78, 5) is 26.1. The van der Waals surface area contributed by atoms with Crippen molar-refractivity contribution in [1.82, 2.24) is 15.5 Å². The number of nitrogens with zero attached hydrogens (tertiary/aromatic N) is 1.